The third-order valence-electron chi connectivity index (χ3n) is 3.25. The Morgan fingerprint density at radius 2 is 2.22 bits per heavy atom. The van der Waals surface area contributed by atoms with E-state index in [0.717, 1.165) is 30.7 Å². The predicted octanol–water partition coefficient (Wildman–Crippen LogP) is 3.43. The summed E-state index contributed by atoms with van der Waals surface area (Å²) in [6, 6.07) is 5.40. The molecule has 0 radical (unpaired) electrons. The van der Waals surface area contributed by atoms with E-state index in [1.807, 2.05) is 6.92 Å². The molecule has 18 heavy (non-hydrogen) atoms. The van der Waals surface area contributed by atoms with E-state index in [-0.39, 0.29) is 11.9 Å². The molecule has 0 amide bonds. The van der Waals surface area contributed by atoms with Gasteiger partial charge in [0.2, 0.25) is 0 Å². The van der Waals surface area contributed by atoms with Gasteiger partial charge >= 0.3 is 0 Å². The van der Waals surface area contributed by atoms with Gasteiger partial charge in [-0.1, -0.05) is 13.3 Å². The van der Waals surface area contributed by atoms with E-state index in [1.54, 1.807) is 6.07 Å². The predicted molar refractivity (Wildman–Crippen MR) is 71.5 cm³/mol. The van der Waals surface area contributed by atoms with Crippen LogP contribution in [0.2, 0.25) is 0 Å². The Morgan fingerprint density at radius 3 is 2.83 bits per heavy atom. The van der Waals surface area contributed by atoms with Crippen molar-refractivity contribution in [3.05, 3.63) is 29.6 Å². The minimum absolute atomic E-state index is 0.180. The smallest absolute Gasteiger partial charge is 0.123 e. The summed E-state index contributed by atoms with van der Waals surface area (Å²) in [4.78, 5) is 0. The van der Waals surface area contributed by atoms with E-state index in [4.69, 9.17) is 4.74 Å². The zero-order chi connectivity index (χ0) is 13.0. The highest BCUT2D eigenvalue weighted by Gasteiger charge is 2.22. The van der Waals surface area contributed by atoms with Gasteiger partial charge in [-0.2, -0.15) is 0 Å². The van der Waals surface area contributed by atoms with Crippen LogP contribution < -0.4 is 10.1 Å². The number of ether oxygens (including phenoxy) is 1. The highest BCUT2D eigenvalue weighted by molar-refractivity contribution is 5.32. The molecule has 100 valence electrons. The molecule has 1 aliphatic rings. The first kappa shape index (κ1) is 13.3. The lowest BCUT2D eigenvalue weighted by atomic mass is 10.2. The average Bonchev–Trinajstić information content (AvgIpc) is 3.13. The summed E-state index contributed by atoms with van der Waals surface area (Å²) in [6.45, 7) is 4.93. The molecule has 1 unspecified atom stereocenters. The second kappa shape index (κ2) is 6.19. The topological polar surface area (TPSA) is 21.3 Å². The zero-order valence-corrected chi connectivity index (χ0v) is 11.2. The summed E-state index contributed by atoms with van der Waals surface area (Å²) in [5.41, 5.74) is 0.863. The van der Waals surface area contributed by atoms with Crippen LogP contribution in [-0.2, 0) is 0 Å². The Kier molecular flexibility index (Phi) is 4.59. The lowest BCUT2D eigenvalue weighted by molar-refractivity contribution is 0.184. The molecule has 0 aromatic heterocycles. The molecule has 0 aliphatic heterocycles. The highest BCUT2D eigenvalue weighted by Crippen LogP contribution is 2.22. The first-order valence-corrected chi connectivity index (χ1v) is 6.85. The van der Waals surface area contributed by atoms with E-state index in [9.17, 15) is 4.39 Å². The molecular weight excluding hydrogens is 229 g/mol. The van der Waals surface area contributed by atoms with Crippen molar-refractivity contribution in [1.82, 2.24) is 5.32 Å². The number of aryl methyl sites for hydroxylation is 1. The molecule has 1 aliphatic carbocycles. The lowest BCUT2D eigenvalue weighted by Crippen LogP contribution is -2.32. The fourth-order valence-corrected chi connectivity index (χ4v) is 2.03. The number of halogens is 1. The van der Waals surface area contributed by atoms with Crippen LogP contribution in [0.1, 0.15) is 38.2 Å². The van der Waals surface area contributed by atoms with Crippen molar-refractivity contribution in [3.63, 3.8) is 0 Å². The van der Waals surface area contributed by atoms with Crippen LogP contribution >= 0.6 is 0 Å². The van der Waals surface area contributed by atoms with Gasteiger partial charge in [0.05, 0.1) is 0 Å². The van der Waals surface area contributed by atoms with Gasteiger partial charge < -0.3 is 10.1 Å². The molecule has 3 heteroatoms. The maximum atomic E-state index is 13.0. The third-order valence-corrected chi connectivity index (χ3v) is 3.25. The quantitative estimate of drug-likeness (QED) is 0.801. The van der Waals surface area contributed by atoms with Gasteiger partial charge in [0.15, 0.2) is 0 Å². The van der Waals surface area contributed by atoms with Crippen LogP contribution in [0.5, 0.6) is 5.75 Å². The molecule has 0 bridgehead atoms. The molecular formula is C15H22FNO. The van der Waals surface area contributed by atoms with Crippen molar-refractivity contribution >= 4 is 0 Å². The van der Waals surface area contributed by atoms with Crippen molar-refractivity contribution in [2.75, 3.05) is 6.54 Å². The number of rotatable bonds is 7. The van der Waals surface area contributed by atoms with Crippen LogP contribution in [0.25, 0.3) is 0 Å². The number of hydrogen-bond donors (Lipinski definition) is 1. The molecule has 0 heterocycles. The van der Waals surface area contributed by atoms with Gasteiger partial charge in [-0.3, -0.25) is 0 Å². The monoisotopic (exact) mass is 251 g/mol. The number of nitrogens with one attached hydrogen (secondary N) is 1. The number of hydrogen-bond acceptors (Lipinski definition) is 2. The maximum Gasteiger partial charge on any atom is 0.123 e. The Labute approximate surface area is 109 Å². The second-order valence-corrected chi connectivity index (χ2v) is 5.12. The fraction of sp³-hybridized carbons (Fsp3) is 0.600. The molecule has 1 aromatic rings. The SMILES string of the molecule is CCCC(CNC1CC1)Oc1ccc(F)cc1C. The molecule has 2 rings (SSSR count). The van der Waals surface area contributed by atoms with E-state index >= 15 is 0 Å². The molecule has 0 saturated heterocycles. The van der Waals surface area contributed by atoms with Crippen LogP contribution in [0.4, 0.5) is 4.39 Å². The Balaban J connectivity index is 1.92. The largest absolute Gasteiger partial charge is 0.489 e. The summed E-state index contributed by atoms with van der Waals surface area (Å²) in [6.07, 6.45) is 4.87. The van der Waals surface area contributed by atoms with Crippen molar-refractivity contribution in [1.29, 1.82) is 0 Å². The highest BCUT2D eigenvalue weighted by atomic mass is 19.1. The molecule has 1 saturated carbocycles. The van der Waals surface area contributed by atoms with Gasteiger partial charge in [0.25, 0.3) is 0 Å². The average molecular weight is 251 g/mol. The molecule has 0 spiro atoms. The van der Waals surface area contributed by atoms with Crippen molar-refractivity contribution in [3.8, 4) is 5.75 Å². The molecule has 1 N–H and O–H groups in total. The fourth-order valence-electron chi connectivity index (χ4n) is 2.03. The first-order valence-electron chi connectivity index (χ1n) is 6.85. The van der Waals surface area contributed by atoms with E-state index in [0.29, 0.717) is 6.04 Å². The standard InChI is InChI=1S/C15H22FNO/c1-3-4-14(10-17-13-6-7-13)18-15-8-5-12(16)9-11(15)2/h5,8-9,13-14,17H,3-4,6-7,10H2,1-2H3. The van der Waals surface area contributed by atoms with E-state index < -0.39 is 0 Å². The summed E-state index contributed by atoms with van der Waals surface area (Å²) in [5, 5.41) is 3.49. The minimum atomic E-state index is -0.206. The second-order valence-electron chi connectivity index (χ2n) is 5.12. The summed E-state index contributed by atoms with van der Waals surface area (Å²) in [5.74, 6) is 0.593. The van der Waals surface area contributed by atoms with Gasteiger partial charge in [-0.25, -0.2) is 4.39 Å². The molecule has 2 nitrogen and oxygen atoms in total. The van der Waals surface area contributed by atoms with Crippen LogP contribution in [0.3, 0.4) is 0 Å². The summed E-state index contributed by atoms with van der Waals surface area (Å²) < 4.78 is 19.0. The van der Waals surface area contributed by atoms with Crippen LogP contribution in [0.15, 0.2) is 18.2 Å². The van der Waals surface area contributed by atoms with Crippen molar-refractivity contribution < 1.29 is 9.13 Å². The van der Waals surface area contributed by atoms with Crippen molar-refractivity contribution in [2.24, 2.45) is 0 Å². The van der Waals surface area contributed by atoms with Crippen LogP contribution in [-0.4, -0.2) is 18.7 Å². The van der Waals surface area contributed by atoms with Crippen LogP contribution in [0, 0.1) is 12.7 Å². The summed E-state index contributed by atoms with van der Waals surface area (Å²) >= 11 is 0. The Morgan fingerprint density at radius 1 is 1.44 bits per heavy atom. The number of benzene rings is 1. The van der Waals surface area contributed by atoms with Gasteiger partial charge in [0.1, 0.15) is 17.7 Å². The third kappa shape index (κ3) is 3.98. The molecule has 1 fully saturated rings. The van der Waals surface area contributed by atoms with E-state index in [1.165, 1.54) is 25.0 Å². The van der Waals surface area contributed by atoms with Gasteiger partial charge in [-0.15, -0.1) is 0 Å². The maximum absolute atomic E-state index is 13.0. The molecule has 1 aromatic carbocycles. The first-order chi connectivity index (χ1) is 8.69. The molecule has 1 atom stereocenters. The lowest BCUT2D eigenvalue weighted by Gasteiger charge is -2.20. The zero-order valence-electron chi connectivity index (χ0n) is 11.2. The van der Waals surface area contributed by atoms with Gasteiger partial charge in [-0.05, 0) is 49.9 Å². The minimum Gasteiger partial charge on any atom is -0.489 e. The van der Waals surface area contributed by atoms with Gasteiger partial charge in [0, 0.05) is 12.6 Å². The normalized spacial score (nSPS) is 16.6. The summed E-state index contributed by atoms with van der Waals surface area (Å²) in [7, 11) is 0. The Bertz CT molecular complexity index is 390. The Hall–Kier alpha value is -1.09. The van der Waals surface area contributed by atoms with Crippen molar-refractivity contribution in [2.45, 2.75) is 51.7 Å². The van der Waals surface area contributed by atoms with E-state index in [2.05, 4.69) is 12.2 Å².